The topological polar surface area (TPSA) is 41.6 Å². The summed E-state index contributed by atoms with van der Waals surface area (Å²) >= 11 is 0. The van der Waals surface area contributed by atoms with Crippen molar-refractivity contribution in [2.24, 2.45) is 5.92 Å². The largest absolute Gasteiger partial charge is 0.271 e. The van der Waals surface area contributed by atoms with E-state index >= 15 is 0 Å². The third-order valence-corrected chi connectivity index (χ3v) is 2.00. The van der Waals surface area contributed by atoms with Crippen molar-refractivity contribution in [3.8, 4) is 6.07 Å². The van der Waals surface area contributed by atoms with Crippen LogP contribution >= 0.6 is 0 Å². The van der Waals surface area contributed by atoms with E-state index in [4.69, 9.17) is 5.26 Å². The van der Waals surface area contributed by atoms with Gasteiger partial charge in [0.15, 0.2) is 0 Å². The van der Waals surface area contributed by atoms with Gasteiger partial charge in [-0.05, 0) is 18.4 Å². The van der Waals surface area contributed by atoms with Crippen molar-refractivity contribution in [1.29, 1.82) is 5.26 Å². The van der Waals surface area contributed by atoms with E-state index in [1.807, 2.05) is 24.0 Å². The number of aromatic nitrogens is 2. The van der Waals surface area contributed by atoms with Crippen LogP contribution in [0.5, 0.6) is 0 Å². The first kappa shape index (κ1) is 9.79. The molecule has 0 aromatic carbocycles. The molecular weight excluding hydrogens is 162 g/mol. The van der Waals surface area contributed by atoms with Crippen molar-refractivity contribution in [3.05, 3.63) is 18.0 Å². The Kier molecular flexibility index (Phi) is 3.07. The predicted octanol–water partition coefficient (Wildman–Crippen LogP) is 2.17. The molecule has 3 nitrogen and oxygen atoms in total. The van der Waals surface area contributed by atoms with Gasteiger partial charge in [0.1, 0.15) is 0 Å². The minimum Gasteiger partial charge on any atom is -0.271 e. The van der Waals surface area contributed by atoms with Crippen LogP contribution in [0.3, 0.4) is 0 Å². The van der Waals surface area contributed by atoms with Crippen LogP contribution in [0.1, 0.15) is 32.3 Å². The van der Waals surface area contributed by atoms with E-state index in [1.54, 1.807) is 0 Å². The van der Waals surface area contributed by atoms with Crippen LogP contribution in [0.25, 0.3) is 0 Å². The van der Waals surface area contributed by atoms with Gasteiger partial charge < -0.3 is 0 Å². The quantitative estimate of drug-likeness (QED) is 0.710. The van der Waals surface area contributed by atoms with Gasteiger partial charge in [0.25, 0.3) is 0 Å². The van der Waals surface area contributed by atoms with Crippen LogP contribution in [0, 0.1) is 17.2 Å². The van der Waals surface area contributed by atoms with E-state index in [2.05, 4.69) is 25.0 Å². The van der Waals surface area contributed by atoms with Gasteiger partial charge in [-0.25, -0.2) is 0 Å². The first-order valence-corrected chi connectivity index (χ1v) is 4.55. The standard InChI is InChI=1S/C10H15N3/c1-8(2)10-5-12-13(7-10)6-9(3)4-11/h5,7-9H,6H2,1-3H3. The van der Waals surface area contributed by atoms with Crippen LogP contribution in [0.4, 0.5) is 0 Å². The van der Waals surface area contributed by atoms with Gasteiger partial charge in [0, 0.05) is 6.20 Å². The lowest BCUT2D eigenvalue weighted by molar-refractivity contribution is 0.528. The minimum absolute atomic E-state index is 0.0277. The van der Waals surface area contributed by atoms with E-state index in [0.717, 1.165) is 0 Å². The zero-order valence-electron chi connectivity index (χ0n) is 8.36. The molecule has 0 aliphatic rings. The molecule has 0 N–H and O–H groups in total. The summed E-state index contributed by atoms with van der Waals surface area (Å²) in [6.45, 7) is 6.85. The predicted molar refractivity (Wildman–Crippen MR) is 51.1 cm³/mol. The Morgan fingerprint density at radius 1 is 1.54 bits per heavy atom. The van der Waals surface area contributed by atoms with Gasteiger partial charge in [0.2, 0.25) is 0 Å². The Morgan fingerprint density at radius 3 is 2.69 bits per heavy atom. The second-order valence-electron chi connectivity index (χ2n) is 3.68. The van der Waals surface area contributed by atoms with Gasteiger partial charge in [0.05, 0.1) is 24.7 Å². The summed E-state index contributed by atoms with van der Waals surface area (Å²) in [6.07, 6.45) is 3.88. The van der Waals surface area contributed by atoms with Crippen LogP contribution in [0.2, 0.25) is 0 Å². The summed E-state index contributed by atoms with van der Waals surface area (Å²) in [5.41, 5.74) is 1.23. The number of nitrogens with zero attached hydrogens (tertiary/aromatic N) is 3. The SMILES string of the molecule is CC(C#N)Cn1cc(C(C)C)cn1. The Balaban J connectivity index is 2.65. The fourth-order valence-corrected chi connectivity index (χ4v) is 1.10. The van der Waals surface area contributed by atoms with Crippen molar-refractivity contribution >= 4 is 0 Å². The van der Waals surface area contributed by atoms with E-state index in [9.17, 15) is 0 Å². The molecule has 0 aliphatic carbocycles. The molecule has 0 saturated carbocycles. The number of hydrogen-bond donors (Lipinski definition) is 0. The highest BCUT2D eigenvalue weighted by atomic mass is 15.3. The Hall–Kier alpha value is -1.30. The summed E-state index contributed by atoms with van der Waals surface area (Å²) in [6, 6.07) is 2.19. The van der Waals surface area contributed by atoms with Crippen molar-refractivity contribution in [2.45, 2.75) is 33.2 Å². The number of hydrogen-bond acceptors (Lipinski definition) is 2. The van der Waals surface area contributed by atoms with Crippen LogP contribution in [0.15, 0.2) is 12.4 Å². The fourth-order valence-electron chi connectivity index (χ4n) is 1.10. The highest BCUT2D eigenvalue weighted by molar-refractivity contribution is 5.08. The molecule has 1 heterocycles. The van der Waals surface area contributed by atoms with E-state index < -0.39 is 0 Å². The van der Waals surface area contributed by atoms with Crippen molar-refractivity contribution < 1.29 is 0 Å². The second-order valence-corrected chi connectivity index (χ2v) is 3.68. The zero-order chi connectivity index (χ0) is 9.84. The molecule has 0 aliphatic heterocycles. The molecular formula is C10H15N3. The molecule has 1 unspecified atom stereocenters. The monoisotopic (exact) mass is 177 g/mol. The highest BCUT2D eigenvalue weighted by Crippen LogP contribution is 2.12. The van der Waals surface area contributed by atoms with Crippen LogP contribution in [-0.2, 0) is 6.54 Å². The summed E-state index contributed by atoms with van der Waals surface area (Å²) in [5, 5.41) is 12.8. The molecule has 1 aromatic rings. The summed E-state index contributed by atoms with van der Waals surface area (Å²) in [7, 11) is 0. The number of nitriles is 1. The fraction of sp³-hybridized carbons (Fsp3) is 0.600. The molecule has 0 saturated heterocycles. The van der Waals surface area contributed by atoms with Crippen LogP contribution in [-0.4, -0.2) is 9.78 Å². The molecule has 3 heteroatoms. The van der Waals surface area contributed by atoms with Crippen LogP contribution < -0.4 is 0 Å². The molecule has 1 atom stereocenters. The third kappa shape index (κ3) is 2.59. The lowest BCUT2D eigenvalue weighted by atomic mass is 10.1. The van der Waals surface area contributed by atoms with Crippen molar-refractivity contribution in [2.75, 3.05) is 0 Å². The normalized spacial score (nSPS) is 12.8. The molecule has 0 bridgehead atoms. The van der Waals surface area contributed by atoms with Gasteiger partial charge in [-0.15, -0.1) is 0 Å². The Morgan fingerprint density at radius 2 is 2.23 bits per heavy atom. The zero-order valence-corrected chi connectivity index (χ0v) is 8.36. The van der Waals surface area contributed by atoms with Gasteiger partial charge in [-0.2, -0.15) is 10.4 Å². The average molecular weight is 177 g/mol. The summed E-state index contributed by atoms with van der Waals surface area (Å²) < 4.78 is 1.84. The average Bonchev–Trinajstić information content (AvgIpc) is 2.52. The maximum atomic E-state index is 8.62. The first-order chi connectivity index (χ1) is 6.13. The third-order valence-electron chi connectivity index (χ3n) is 2.00. The van der Waals surface area contributed by atoms with Gasteiger partial charge in [-0.3, -0.25) is 4.68 Å². The maximum Gasteiger partial charge on any atom is 0.0672 e. The molecule has 0 radical (unpaired) electrons. The molecule has 1 aromatic heterocycles. The van der Waals surface area contributed by atoms with Gasteiger partial charge in [-0.1, -0.05) is 13.8 Å². The molecule has 0 amide bonds. The van der Waals surface area contributed by atoms with Gasteiger partial charge >= 0.3 is 0 Å². The van der Waals surface area contributed by atoms with E-state index in [-0.39, 0.29) is 5.92 Å². The second kappa shape index (κ2) is 4.08. The molecule has 0 spiro atoms. The molecule has 70 valence electrons. The summed E-state index contributed by atoms with van der Waals surface area (Å²) in [5.74, 6) is 0.533. The smallest absolute Gasteiger partial charge is 0.0672 e. The highest BCUT2D eigenvalue weighted by Gasteiger charge is 2.05. The van der Waals surface area contributed by atoms with Crippen molar-refractivity contribution in [1.82, 2.24) is 9.78 Å². The summed E-state index contributed by atoms with van der Waals surface area (Å²) in [4.78, 5) is 0. The first-order valence-electron chi connectivity index (χ1n) is 4.55. The van der Waals surface area contributed by atoms with E-state index in [0.29, 0.717) is 12.5 Å². The van der Waals surface area contributed by atoms with Crippen molar-refractivity contribution in [3.63, 3.8) is 0 Å². The minimum atomic E-state index is 0.0277. The molecule has 13 heavy (non-hydrogen) atoms. The molecule has 1 rings (SSSR count). The molecule has 0 fully saturated rings. The van der Waals surface area contributed by atoms with E-state index in [1.165, 1.54) is 5.56 Å². The lowest BCUT2D eigenvalue weighted by Gasteiger charge is -2.02. The number of rotatable bonds is 3. The Bertz CT molecular complexity index is 306. The lowest BCUT2D eigenvalue weighted by Crippen LogP contribution is -2.05. The Labute approximate surface area is 79.0 Å². The maximum absolute atomic E-state index is 8.62.